The molecule has 1 aliphatic heterocycles. The van der Waals surface area contributed by atoms with Crippen molar-refractivity contribution in [3.8, 4) is 0 Å². The fourth-order valence-corrected chi connectivity index (χ4v) is 3.08. The molecule has 1 aromatic rings. The zero-order valence-electron chi connectivity index (χ0n) is 12.8. The minimum absolute atomic E-state index is 0.747. The maximum Gasteiger partial charge on any atom is 0.0413 e. The van der Waals surface area contributed by atoms with Gasteiger partial charge >= 0.3 is 0 Å². The van der Waals surface area contributed by atoms with E-state index in [1.807, 2.05) is 13.1 Å². The van der Waals surface area contributed by atoms with Crippen molar-refractivity contribution < 1.29 is 0 Å². The first-order chi connectivity index (χ1) is 9.60. The van der Waals surface area contributed by atoms with E-state index in [2.05, 4.69) is 41.1 Å². The Morgan fingerprint density at radius 3 is 2.50 bits per heavy atom. The van der Waals surface area contributed by atoms with E-state index in [1.165, 1.54) is 17.8 Å². The van der Waals surface area contributed by atoms with E-state index in [0.29, 0.717) is 0 Å². The molecule has 0 saturated carbocycles. The van der Waals surface area contributed by atoms with Crippen LogP contribution in [0.3, 0.4) is 0 Å². The second-order valence-corrected chi connectivity index (χ2v) is 6.42. The van der Waals surface area contributed by atoms with E-state index in [1.54, 1.807) is 0 Å². The van der Waals surface area contributed by atoms with E-state index in [0.717, 1.165) is 43.7 Å². The maximum atomic E-state index is 6.12. The molecule has 1 heterocycles. The lowest BCUT2D eigenvalue weighted by Gasteiger charge is -2.37. The molecule has 0 radical (unpaired) electrons. The zero-order chi connectivity index (χ0) is 14.5. The highest BCUT2D eigenvalue weighted by Crippen LogP contribution is 2.25. The maximum absolute atomic E-state index is 6.12. The van der Waals surface area contributed by atoms with Gasteiger partial charge in [0.25, 0.3) is 0 Å². The summed E-state index contributed by atoms with van der Waals surface area (Å²) in [6.45, 7) is 11.2. The van der Waals surface area contributed by atoms with Crippen molar-refractivity contribution >= 4 is 17.3 Å². The summed E-state index contributed by atoms with van der Waals surface area (Å²) in [4.78, 5) is 5.05. The molecule has 112 valence electrons. The normalized spacial score (nSPS) is 16.9. The molecule has 20 heavy (non-hydrogen) atoms. The number of piperazine rings is 1. The number of halogens is 1. The summed E-state index contributed by atoms with van der Waals surface area (Å²) in [5.74, 6) is 0.747. The third-order valence-corrected chi connectivity index (χ3v) is 3.98. The summed E-state index contributed by atoms with van der Waals surface area (Å²) in [6.07, 6.45) is 0. The number of nitrogens with zero attached hydrogens (tertiary/aromatic N) is 2. The van der Waals surface area contributed by atoms with Crippen molar-refractivity contribution in [2.24, 2.45) is 5.92 Å². The second kappa shape index (κ2) is 7.30. The molecule has 0 spiro atoms. The smallest absolute Gasteiger partial charge is 0.0413 e. The van der Waals surface area contributed by atoms with Gasteiger partial charge in [-0.1, -0.05) is 25.4 Å². The van der Waals surface area contributed by atoms with Gasteiger partial charge in [0.05, 0.1) is 0 Å². The average Bonchev–Trinajstić information content (AvgIpc) is 2.40. The van der Waals surface area contributed by atoms with Crippen LogP contribution in [0.15, 0.2) is 18.2 Å². The molecule has 1 aromatic carbocycles. The summed E-state index contributed by atoms with van der Waals surface area (Å²) in [6, 6.07) is 6.23. The van der Waals surface area contributed by atoms with Gasteiger partial charge in [0, 0.05) is 50.0 Å². The van der Waals surface area contributed by atoms with E-state index in [9.17, 15) is 0 Å². The summed E-state index contributed by atoms with van der Waals surface area (Å²) in [7, 11) is 1.98. The molecule has 3 nitrogen and oxygen atoms in total. The van der Waals surface area contributed by atoms with Crippen LogP contribution in [0.5, 0.6) is 0 Å². The third-order valence-electron chi connectivity index (χ3n) is 3.75. The van der Waals surface area contributed by atoms with Crippen LogP contribution in [0, 0.1) is 5.92 Å². The Morgan fingerprint density at radius 1 is 1.20 bits per heavy atom. The first-order valence-corrected chi connectivity index (χ1v) is 7.88. The minimum atomic E-state index is 0.747. The summed E-state index contributed by atoms with van der Waals surface area (Å²) < 4.78 is 0. The van der Waals surface area contributed by atoms with Crippen LogP contribution in [-0.4, -0.2) is 44.7 Å². The lowest BCUT2D eigenvalue weighted by atomic mass is 10.1. The first kappa shape index (κ1) is 15.6. The van der Waals surface area contributed by atoms with Crippen LogP contribution in [0.25, 0.3) is 0 Å². The molecule has 0 bridgehead atoms. The molecule has 0 atom stereocenters. The quantitative estimate of drug-likeness (QED) is 0.901. The highest BCUT2D eigenvalue weighted by atomic mass is 35.5. The molecule has 1 aliphatic rings. The molecule has 0 aromatic heterocycles. The predicted molar refractivity (Wildman–Crippen MR) is 87.7 cm³/mol. The first-order valence-electron chi connectivity index (χ1n) is 7.50. The van der Waals surface area contributed by atoms with Gasteiger partial charge in [-0.05, 0) is 36.7 Å². The van der Waals surface area contributed by atoms with Crippen LogP contribution in [0.2, 0.25) is 5.02 Å². The largest absolute Gasteiger partial charge is 0.369 e. The summed E-state index contributed by atoms with van der Waals surface area (Å²) in [5, 5.41) is 4.05. The third kappa shape index (κ3) is 4.11. The van der Waals surface area contributed by atoms with Crippen LogP contribution in [-0.2, 0) is 6.54 Å². The Kier molecular flexibility index (Phi) is 5.70. The summed E-state index contributed by atoms with van der Waals surface area (Å²) >= 11 is 6.12. The monoisotopic (exact) mass is 295 g/mol. The van der Waals surface area contributed by atoms with Gasteiger partial charge in [-0.3, -0.25) is 4.90 Å². The number of hydrogen-bond donors (Lipinski definition) is 1. The molecule has 0 unspecified atom stereocenters. The molecular weight excluding hydrogens is 270 g/mol. The fraction of sp³-hybridized carbons (Fsp3) is 0.625. The van der Waals surface area contributed by atoms with Gasteiger partial charge in [-0.15, -0.1) is 0 Å². The Hall–Kier alpha value is -0.770. The Bertz CT molecular complexity index is 426. The minimum Gasteiger partial charge on any atom is -0.369 e. The van der Waals surface area contributed by atoms with E-state index in [-0.39, 0.29) is 0 Å². The lowest BCUT2D eigenvalue weighted by molar-refractivity contribution is 0.231. The highest BCUT2D eigenvalue weighted by Gasteiger charge is 2.19. The highest BCUT2D eigenvalue weighted by molar-refractivity contribution is 6.30. The van der Waals surface area contributed by atoms with E-state index in [4.69, 9.17) is 11.6 Å². The molecule has 2 rings (SSSR count). The number of anilines is 1. The van der Waals surface area contributed by atoms with Crippen LogP contribution >= 0.6 is 11.6 Å². The van der Waals surface area contributed by atoms with Gasteiger partial charge in [0.1, 0.15) is 0 Å². The van der Waals surface area contributed by atoms with Crippen molar-refractivity contribution in [1.29, 1.82) is 0 Å². The molecule has 1 saturated heterocycles. The number of hydrogen-bond acceptors (Lipinski definition) is 3. The van der Waals surface area contributed by atoms with Crippen molar-refractivity contribution in [1.82, 2.24) is 10.2 Å². The molecule has 1 N–H and O–H groups in total. The van der Waals surface area contributed by atoms with Gasteiger partial charge in [-0.25, -0.2) is 0 Å². The second-order valence-electron chi connectivity index (χ2n) is 5.98. The Balaban J connectivity index is 2.03. The number of nitrogens with one attached hydrogen (secondary N) is 1. The molecule has 0 aliphatic carbocycles. The van der Waals surface area contributed by atoms with Gasteiger partial charge in [0.15, 0.2) is 0 Å². The summed E-state index contributed by atoms with van der Waals surface area (Å²) in [5.41, 5.74) is 2.62. The van der Waals surface area contributed by atoms with Crippen molar-refractivity contribution in [3.05, 3.63) is 28.8 Å². The SMILES string of the molecule is CNCc1cc(Cl)ccc1N1CCN(CC(C)C)CC1. The fourth-order valence-electron chi connectivity index (χ4n) is 2.88. The number of benzene rings is 1. The average molecular weight is 296 g/mol. The van der Waals surface area contributed by atoms with Crippen molar-refractivity contribution in [3.63, 3.8) is 0 Å². The lowest BCUT2D eigenvalue weighted by Crippen LogP contribution is -2.47. The zero-order valence-corrected chi connectivity index (χ0v) is 13.6. The van der Waals surface area contributed by atoms with Crippen LogP contribution in [0.1, 0.15) is 19.4 Å². The molecule has 1 fully saturated rings. The van der Waals surface area contributed by atoms with Crippen molar-refractivity contribution in [2.75, 3.05) is 44.7 Å². The molecule has 4 heteroatoms. The van der Waals surface area contributed by atoms with Crippen LogP contribution in [0.4, 0.5) is 5.69 Å². The molecular formula is C16H26ClN3. The van der Waals surface area contributed by atoms with Gasteiger partial charge in [-0.2, -0.15) is 0 Å². The van der Waals surface area contributed by atoms with E-state index >= 15 is 0 Å². The Labute approximate surface area is 127 Å². The standard InChI is InChI=1S/C16H26ClN3/c1-13(2)12-19-6-8-20(9-7-19)16-5-4-15(17)10-14(16)11-18-3/h4-5,10,13,18H,6-9,11-12H2,1-3H3. The van der Waals surface area contributed by atoms with E-state index < -0.39 is 0 Å². The van der Waals surface area contributed by atoms with Crippen molar-refractivity contribution in [2.45, 2.75) is 20.4 Å². The topological polar surface area (TPSA) is 18.5 Å². The molecule has 0 amide bonds. The predicted octanol–water partition coefficient (Wildman–Crippen LogP) is 2.84. The van der Waals surface area contributed by atoms with Gasteiger partial charge < -0.3 is 10.2 Å². The number of rotatable bonds is 5. The Morgan fingerprint density at radius 2 is 1.90 bits per heavy atom. The van der Waals surface area contributed by atoms with Crippen LogP contribution < -0.4 is 10.2 Å². The van der Waals surface area contributed by atoms with Gasteiger partial charge in [0.2, 0.25) is 0 Å².